The van der Waals surface area contributed by atoms with Crippen LogP contribution >= 0.6 is 0 Å². The fraction of sp³-hybridized carbons (Fsp3) is 0.391. The molecule has 1 aliphatic carbocycles. The van der Waals surface area contributed by atoms with Gasteiger partial charge in [-0.1, -0.05) is 0 Å². The first-order chi connectivity index (χ1) is 14.5. The molecule has 0 bridgehead atoms. The number of ether oxygens (including phenoxy) is 2. The predicted molar refractivity (Wildman–Crippen MR) is 108 cm³/mol. The highest BCUT2D eigenvalue weighted by molar-refractivity contribution is 5.87. The number of hydrogen-bond donors (Lipinski definition) is 1. The monoisotopic (exact) mass is 408 g/mol. The molecule has 0 radical (unpaired) electrons. The lowest BCUT2D eigenvalue weighted by atomic mass is 9.78. The summed E-state index contributed by atoms with van der Waals surface area (Å²) in [6, 6.07) is 3.25. The number of nitrogens with zero attached hydrogens (tertiary/aromatic N) is 1. The Kier molecular flexibility index (Phi) is 3.60. The van der Waals surface area contributed by atoms with Gasteiger partial charge in [-0.2, -0.15) is 0 Å². The third-order valence-corrected chi connectivity index (χ3v) is 7.03. The van der Waals surface area contributed by atoms with Gasteiger partial charge < -0.3 is 19.4 Å². The third kappa shape index (κ3) is 2.16. The number of aromatic nitrogens is 1. The van der Waals surface area contributed by atoms with Crippen molar-refractivity contribution in [2.24, 2.45) is 0 Å². The highest BCUT2D eigenvalue weighted by Crippen LogP contribution is 2.50. The predicted octanol–water partition coefficient (Wildman–Crippen LogP) is 3.31. The second-order valence-electron chi connectivity index (χ2n) is 8.44. The van der Waals surface area contributed by atoms with E-state index in [0.29, 0.717) is 23.2 Å². The topological polar surface area (TPSA) is 69.6 Å². The highest BCUT2D eigenvalue weighted by Gasteiger charge is 2.41. The molecular weight excluding hydrogens is 387 g/mol. The number of anilines is 1. The van der Waals surface area contributed by atoms with Crippen molar-refractivity contribution in [3.63, 3.8) is 0 Å². The van der Waals surface area contributed by atoms with Gasteiger partial charge in [0.1, 0.15) is 12.4 Å². The van der Waals surface area contributed by atoms with E-state index in [-0.39, 0.29) is 24.0 Å². The summed E-state index contributed by atoms with van der Waals surface area (Å²) in [6.07, 6.45) is 1.86. The van der Waals surface area contributed by atoms with Crippen molar-refractivity contribution in [1.29, 1.82) is 0 Å². The fourth-order valence-corrected chi connectivity index (χ4v) is 5.57. The Bertz CT molecular complexity index is 1240. The number of carbonyl (C=O) groups excluding carboxylic acids is 1. The van der Waals surface area contributed by atoms with Crippen LogP contribution in [0.4, 0.5) is 10.1 Å². The van der Waals surface area contributed by atoms with Crippen LogP contribution in [0.25, 0.3) is 5.57 Å². The van der Waals surface area contributed by atoms with Crippen LogP contribution < -0.4 is 10.9 Å². The number of allylic oxidation sites excluding steroid dienone is 1. The zero-order chi connectivity index (χ0) is 20.7. The Balaban J connectivity index is 1.58. The molecule has 6 rings (SSSR count). The van der Waals surface area contributed by atoms with Crippen LogP contribution in [0.1, 0.15) is 58.5 Å². The standard InChI is InChI=1S/C23H21FN2O4/c1-10-11-4-3-5-12-14-8-26-18(20(14)25-17(19(11)12)7-16(10)24)6-13-15(22(26)27)9-30-23(28)21(13)29-2/h6-7,20-21,25H,3-5,8-9H2,1-2H3. The maximum Gasteiger partial charge on any atom is 0.340 e. The number of halogens is 1. The molecule has 1 aromatic heterocycles. The summed E-state index contributed by atoms with van der Waals surface area (Å²) in [5, 5.41) is 3.49. The van der Waals surface area contributed by atoms with E-state index < -0.39 is 12.1 Å². The maximum absolute atomic E-state index is 14.6. The molecule has 0 saturated carbocycles. The van der Waals surface area contributed by atoms with Gasteiger partial charge in [-0.3, -0.25) is 4.79 Å². The molecule has 7 heteroatoms. The van der Waals surface area contributed by atoms with E-state index in [4.69, 9.17) is 9.47 Å². The molecule has 0 spiro atoms. The fourth-order valence-electron chi connectivity index (χ4n) is 5.57. The molecule has 1 aromatic carbocycles. The van der Waals surface area contributed by atoms with Crippen molar-refractivity contribution in [2.75, 3.05) is 12.4 Å². The number of esters is 1. The number of fused-ring (bicyclic) bond motifs is 4. The van der Waals surface area contributed by atoms with Crippen molar-refractivity contribution in [3.8, 4) is 0 Å². The second-order valence-corrected chi connectivity index (χ2v) is 8.44. The van der Waals surface area contributed by atoms with Gasteiger partial charge in [-0.15, -0.1) is 0 Å². The van der Waals surface area contributed by atoms with Crippen LogP contribution in [-0.4, -0.2) is 17.6 Å². The Morgan fingerprint density at radius 1 is 1.23 bits per heavy atom. The summed E-state index contributed by atoms with van der Waals surface area (Å²) in [5.41, 5.74) is 7.77. The average Bonchev–Trinajstić information content (AvgIpc) is 3.11. The normalized spacial score (nSPS) is 23.2. The Morgan fingerprint density at radius 3 is 2.87 bits per heavy atom. The molecule has 2 unspecified atom stereocenters. The van der Waals surface area contributed by atoms with Gasteiger partial charge in [0.05, 0.1) is 11.6 Å². The van der Waals surface area contributed by atoms with E-state index in [1.54, 1.807) is 10.6 Å². The quantitative estimate of drug-likeness (QED) is 0.734. The zero-order valence-corrected chi connectivity index (χ0v) is 16.8. The van der Waals surface area contributed by atoms with Crippen molar-refractivity contribution in [1.82, 2.24) is 4.57 Å². The summed E-state index contributed by atoms with van der Waals surface area (Å²) < 4.78 is 26.8. The highest BCUT2D eigenvalue weighted by atomic mass is 19.1. The van der Waals surface area contributed by atoms with Crippen LogP contribution in [0.5, 0.6) is 0 Å². The second kappa shape index (κ2) is 6.04. The largest absolute Gasteiger partial charge is 0.458 e. The molecule has 3 aliphatic heterocycles. The van der Waals surface area contributed by atoms with Crippen LogP contribution in [0.15, 0.2) is 22.5 Å². The van der Waals surface area contributed by atoms with Crippen LogP contribution in [0.3, 0.4) is 0 Å². The van der Waals surface area contributed by atoms with E-state index >= 15 is 0 Å². The van der Waals surface area contributed by atoms with Gasteiger partial charge in [0.15, 0.2) is 6.10 Å². The van der Waals surface area contributed by atoms with Crippen molar-refractivity contribution in [2.45, 2.75) is 51.5 Å². The summed E-state index contributed by atoms with van der Waals surface area (Å²) in [4.78, 5) is 25.4. The molecule has 0 amide bonds. The molecule has 0 saturated heterocycles. The maximum atomic E-state index is 14.6. The molecule has 1 N–H and O–H groups in total. The minimum Gasteiger partial charge on any atom is -0.458 e. The Labute approximate surface area is 172 Å². The number of carbonyl (C=O) groups is 1. The minimum absolute atomic E-state index is 0.0358. The first-order valence-electron chi connectivity index (χ1n) is 10.3. The van der Waals surface area contributed by atoms with Gasteiger partial charge in [-0.05, 0) is 60.6 Å². The molecule has 0 fully saturated rings. The van der Waals surface area contributed by atoms with Gasteiger partial charge in [-0.25, -0.2) is 9.18 Å². The van der Waals surface area contributed by atoms with E-state index in [1.807, 2.05) is 13.0 Å². The minimum atomic E-state index is -0.902. The van der Waals surface area contributed by atoms with Crippen LogP contribution in [0.2, 0.25) is 0 Å². The number of methoxy groups -OCH3 is 1. The average molecular weight is 408 g/mol. The number of hydrogen-bond acceptors (Lipinski definition) is 5. The smallest absolute Gasteiger partial charge is 0.340 e. The van der Waals surface area contributed by atoms with Crippen molar-refractivity contribution < 1.29 is 18.7 Å². The lowest BCUT2D eigenvalue weighted by Gasteiger charge is -2.33. The number of cyclic esters (lactones) is 1. The summed E-state index contributed by atoms with van der Waals surface area (Å²) in [5.74, 6) is -0.689. The van der Waals surface area contributed by atoms with Gasteiger partial charge in [0, 0.05) is 36.2 Å². The van der Waals surface area contributed by atoms with E-state index in [1.165, 1.54) is 12.7 Å². The van der Waals surface area contributed by atoms with Crippen molar-refractivity contribution in [3.05, 3.63) is 67.4 Å². The molecule has 4 aliphatic rings. The van der Waals surface area contributed by atoms with Crippen molar-refractivity contribution >= 4 is 17.2 Å². The zero-order valence-electron chi connectivity index (χ0n) is 16.8. The molecular formula is C23H21FN2O4. The van der Waals surface area contributed by atoms with Crippen LogP contribution in [-0.2, 0) is 33.8 Å². The van der Waals surface area contributed by atoms with Crippen LogP contribution in [0, 0.1) is 12.7 Å². The SMILES string of the molecule is COC1C(=O)OCc2c1cc1n(c2=O)CC2=C3CCCc4c(C)c(F)cc(c43)NC21. The number of rotatable bonds is 1. The molecule has 4 heterocycles. The lowest BCUT2D eigenvalue weighted by Crippen LogP contribution is -2.33. The van der Waals surface area contributed by atoms with E-state index in [0.717, 1.165) is 47.3 Å². The Morgan fingerprint density at radius 2 is 2.07 bits per heavy atom. The molecule has 30 heavy (non-hydrogen) atoms. The third-order valence-electron chi connectivity index (χ3n) is 7.03. The lowest BCUT2D eigenvalue weighted by molar-refractivity contribution is -0.159. The van der Waals surface area contributed by atoms with Gasteiger partial charge in [0.2, 0.25) is 0 Å². The molecule has 154 valence electrons. The van der Waals surface area contributed by atoms with Gasteiger partial charge in [0.25, 0.3) is 5.56 Å². The summed E-state index contributed by atoms with van der Waals surface area (Å²) in [7, 11) is 1.43. The molecule has 6 nitrogen and oxygen atoms in total. The number of pyridine rings is 1. The first-order valence-corrected chi connectivity index (χ1v) is 10.3. The first kappa shape index (κ1) is 17.9. The Hall–Kier alpha value is -2.93. The summed E-state index contributed by atoms with van der Waals surface area (Å²) >= 11 is 0. The molecule has 2 atom stereocenters. The van der Waals surface area contributed by atoms with E-state index in [9.17, 15) is 14.0 Å². The van der Waals surface area contributed by atoms with E-state index in [2.05, 4.69) is 5.32 Å². The number of nitrogens with one attached hydrogen (secondary N) is 1. The van der Waals surface area contributed by atoms with Gasteiger partial charge >= 0.3 is 5.97 Å². The number of benzene rings is 1. The summed E-state index contributed by atoms with van der Waals surface area (Å²) in [6.45, 7) is 2.30. The molecule has 2 aromatic rings.